The summed E-state index contributed by atoms with van der Waals surface area (Å²) in [6.45, 7) is 7.41. The van der Waals surface area contributed by atoms with E-state index in [4.69, 9.17) is 0 Å². The molecule has 0 aliphatic rings. The first-order chi connectivity index (χ1) is 12.1. The maximum atomic E-state index is 13.5. The summed E-state index contributed by atoms with van der Waals surface area (Å²) in [5.41, 5.74) is 1.12. The molecule has 7 heteroatoms. The highest BCUT2D eigenvalue weighted by Crippen LogP contribution is 2.33. The van der Waals surface area contributed by atoms with E-state index in [1.807, 2.05) is 13.8 Å². The Bertz CT molecular complexity index is 779. The quantitative estimate of drug-likeness (QED) is 0.814. The summed E-state index contributed by atoms with van der Waals surface area (Å²) >= 11 is 0. The average molecular weight is 367 g/mol. The van der Waals surface area contributed by atoms with Gasteiger partial charge in [-0.1, -0.05) is 19.9 Å². The van der Waals surface area contributed by atoms with Crippen LogP contribution in [0.5, 0.6) is 0 Å². The zero-order chi connectivity index (χ0) is 19.5. The Morgan fingerprint density at radius 3 is 2.46 bits per heavy atom. The molecule has 1 heterocycles. The molecule has 0 fully saturated rings. The molecule has 0 radical (unpaired) electrons. The van der Waals surface area contributed by atoms with Crippen molar-refractivity contribution >= 4 is 5.91 Å². The number of hydrogen-bond donors (Lipinski definition) is 1. The van der Waals surface area contributed by atoms with Crippen molar-refractivity contribution in [1.82, 2.24) is 15.1 Å². The molecule has 26 heavy (non-hydrogen) atoms. The molecule has 0 atom stereocenters. The molecule has 0 saturated carbocycles. The zero-order valence-electron chi connectivity index (χ0n) is 15.4. The standard InChI is InChI=1S/C19H24F3N3O/c1-12(2)5-8-18(26)23-11-15-6-7-16(10-17(15)19(20,21)22)25-14(4)9-13(3)24-25/h6-7,9-10,12H,5,8,11H2,1-4H3,(H,23,26). The highest BCUT2D eigenvalue weighted by atomic mass is 19.4. The SMILES string of the molecule is Cc1cc(C)n(-c2ccc(CNC(=O)CCC(C)C)c(C(F)(F)F)c2)n1. The van der Waals surface area contributed by atoms with Crippen molar-refractivity contribution in [3.63, 3.8) is 0 Å². The van der Waals surface area contributed by atoms with Crippen LogP contribution in [0.2, 0.25) is 0 Å². The van der Waals surface area contributed by atoms with Gasteiger partial charge in [-0.15, -0.1) is 0 Å². The van der Waals surface area contributed by atoms with Gasteiger partial charge in [0, 0.05) is 18.7 Å². The second kappa shape index (κ2) is 7.93. The average Bonchev–Trinajstić information content (AvgIpc) is 2.88. The minimum absolute atomic E-state index is 0.0423. The minimum Gasteiger partial charge on any atom is -0.352 e. The molecule has 1 aromatic heterocycles. The summed E-state index contributed by atoms with van der Waals surface area (Å²) in [6, 6.07) is 5.87. The molecular weight excluding hydrogens is 343 g/mol. The van der Waals surface area contributed by atoms with Crippen molar-refractivity contribution in [2.45, 2.75) is 53.3 Å². The summed E-state index contributed by atoms with van der Waals surface area (Å²) in [7, 11) is 0. The van der Waals surface area contributed by atoms with Crippen LogP contribution in [0.15, 0.2) is 24.3 Å². The molecule has 0 bridgehead atoms. The Morgan fingerprint density at radius 1 is 1.23 bits per heavy atom. The molecule has 0 saturated heterocycles. The van der Waals surface area contributed by atoms with Crippen LogP contribution in [0.1, 0.15) is 49.2 Å². The lowest BCUT2D eigenvalue weighted by molar-refractivity contribution is -0.138. The molecule has 1 N–H and O–H groups in total. The number of aryl methyl sites for hydroxylation is 2. The normalized spacial score (nSPS) is 11.8. The summed E-state index contributed by atoms with van der Waals surface area (Å²) in [4.78, 5) is 11.8. The number of benzene rings is 1. The van der Waals surface area contributed by atoms with Gasteiger partial charge >= 0.3 is 6.18 Å². The fraction of sp³-hybridized carbons (Fsp3) is 0.474. The first-order valence-corrected chi connectivity index (χ1v) is 8.58. The molecule has 0 aliphatic carbocycles. The van der Waals surface area contributed by atoms with E-state index in [1.165, 1.54) is 10.7 Å². The first kappa shape index (κ1) is 20.0. The van der Waals surface area contributed by atoms with Crippen molar-refractivity contribution in [2.75, 3.05) is 0 Å². The molecule has 0 unspecified atom stereocenters. The van der Waals surface area contributed by atoms with Gasteiger partial charge in [0.1, 0.15) is 0 Å². The van der Waals surface area contributed by atoms with Crippen LogP contribution >= 0.6 is 0 Å². The lowest BCUT2D eigenvalue weighted by Crippen LogP contribution is -2.24. The number of halogens is 3. The largest absolute Gasteiger partial charge is 0.416 e. The second-order valence-electron chi connectivity index (χ2n) is 6.89. The number of carbonyl (C=O) groups is 1. The Hall–Kier alpha value is -2.31. The lowest BCUT2D eigenvalue weighted by Gasteiger charge is -2.16. The summed E-state index contributed by atoms with van der Waals surface area (Å²) < 4.78 is 41.9. The van der Waals surface area contributed by atoms with Crippen molar-refractivity contribution in [2.24, 2.45) is 5.92 Å². The molecule has 2 aromatic rings. The van der Waals surface area contributed by atoms with Crippen LogP contribution in [0.3, 0.4) is 0 Å². The van der Waals surface area contributed by atoms with Crippen molar-refractivity contribution < 1.29 is 18.0 Å². The third kappa shape index (κ3) is 5.09. The number of amides is 1. The Balaban J connectivity index is 2.24. The molecule has 0 spiro atoms. The van der Waals surface area contributed by atoms with E-state index in [9.17, 15) is 18.0 Å². The molecule has 142 valence electrons. The number of hydrogen-bond acceptors (Lipinski definition) is 2. The van der Waals surface area contributed by atoms with Crippen molar-refractivity contribution in [3.8, 4) is 5.69 Å². The Kier molecular flexibility index (Phi) is 6.10. The second-order valence-corrected chi connectivity index (χ2v) is 6.89. The van der Waals surface area contributed by atoms with Gasteiger partial charge in [0.2, 0.25) is 5.91 Å². The van der Waals surface area contributed by atoms with Gasteiger partial charge in [0.05, 0.1) is 16.9 Å². The van der Waals surface area contributed by atoms with E-state index in [0.29, 0.717) is 24.4 Å². The summed E-state index contributed by atoms with van der Waals surface area (Å²) in [6.07, 6.45) is -3.50. The van der Waals surface area contributed by atoms with Gasteiger partial charge in [-0.05, 0) is 49.9 Å². The van der Waals surface area contributed by atoms with Gasteiger partial charge in [-0.25, -0.2) is 4.68 Å². The van der Waals surface area contributed by atoms with Crippen LogP contribution in [0.4, 0.5) is 13.2 Å². The smallest absolute Gasteiger partial charge is 0.352 e. The van der Waals surface area contributed by atoms with Gasteiger partial charge < -0.3 is 5.32 Å². The lowest BCUT2D eigenvalue weighted by atomic mass is 10.0. The molecule has 4 nitrogen and oxygen atoms in total. The topological polar surface area (TPSA) is 46.9 Å². The fourth-order valence-electron chi connectivity index (χ4n) is 2.71. The Labute approximate surface area is 151 Å². The highest BCUT2D eigenvalue weighted by Gasteiger charge is 2.34. The molecular formula is C19H24F3N3O. The summed E-state index contributed by atoms with van der Waals surface area (Å²) in [5, 5.41) is 6.81. The maximum Gasteiger partial charge on any atom is 0.416 e. The van der Waals surface area contributed by atoms with Crippen molar-refractivity contribution in [1.29, 1.82) is 0 Å². The zero-order valence-corrected chi connectivity index (χ0v) is 15.4. The summed E-state index contributed by atoms with van der Waals surface area (Å²) in [5.74, 6) is 0.126. The van der Waals surface area contributed by atoms with Gasteiger partial charge in [0.15, 0.2) is 0 Å². The van der Waals surface area contributed by atoms with E-state index in [2.05, 4.69) is 10.4 Å². The Morgan fingerprint density at radius 2 is 1.92 bits per heavy atom. The predicted octanol–water partition coefficient (Wildman–Crippen LogP) is 4.56. The number of alkyl halides is 3. The van der Waals surface area contributed by atoms with Gasteiger partial charge in [-0.3, -0.25) is 4.79 Å². The molecule has 2 rings (SSSR count). The third-order valence-electron chi connectivity index (χ3n) is 4.08. The number of aromatic nitrogens is 2. The van der Waals surface area contributed by atoms with E-state index in [-0.39, 0.29) is 18.0 Å². The van der Waals surface area contributed by atoms with Crippen LogP contribution in [-0.4, -0.2) is 15.7 Å². The van der Waals surface area contributed by atoms with Crippen LogP contribution in [0, 0.1) is 19.8 Å². The van der Waals surface area contributed by atoms with E-state index in [1.54, 1.807) is 26.0 Å². The highest BCUT2D eigenvalue weighted by molar-refractivity contribution is 5.75. The van der Waals surface area contributed by atoms with Gasteiger partial charge in [-0.2, -0.15) is 18.3 Å². The van der Waals surface area contributed by atoms with Crippen LogP contribution in [0.25, 0.3) is 5.69 Å². The number of nitrogens with zero attached hydrogens (tertiary/aromatic N) is 2. The fourth-order valence-corrected chi connectivity index (χ4v) is 2.71. The molecule has 1 amide bonds. The van der Waals surface area contributed by atoms with E-state index < -0.39 is 11.7 Å². The number of nitrogens with one attached hydrogen (secondary N) is 1. The number of rotatable bonds is 6. The maximum absolute atomic E-state index is 13.5. The van der Waals surface area contributed by atoms with Crippen LogP contribution < -0.4 is 5.32 Å². The van der Waals surface area contributed by atoms with Gasteiger partial charge in [0.25, 0.3) is 0 Å². The van der Waals surface area contributed by atoms with E-state index >= 15 is 0 Å². The van der Waals surface area contributed by atoms with Crippen molar-refractivity contribution in [3.05, 3.63) is 46.8 Å². The number of carbonyl (C=O) groups excluding carboxylic acids is 1. The monoisotopic (exact) mass is 367 g/mol. The van der Waals surface area contributed by atoms with Crippen LogP contribution in [-0.2, 0) is 17.5 Å². The first-order valence-electron chi connectivity index (χ1n) is 8.58. The third-order valence-corrected chi connectivity index (χ3v) is 4.08. The van der Waals surface area contributed by atoms with E-state index in [0.717, 1.165) is 17.5 Å². The minimum atomic E-state index is -4.51. The molecule has 0 aliphatic heterocycles. The predicted molar refractivity (Wildman–Crippen MR) is 94.0 cm³/mol. The molecule has 1 aromatic carbocycles.